The maximum absolute atomic E-state index is 12.0. The number of aromatic nitrogens is 3. The van der Waals surface area contributed by atoms with Crippen molar-refractivity contribution in [1.82, 2.24) is 15.2 Å². The van der Waals surface area contributed by atoms with Gasteiger partial charge in [-0.15, -0.1) is 5.10 Å². The first-order chi connectivity index (χ1) is 6.68. The standard InChI is InChI=1S/C5H6F3N3O3S/c6-5(7,8)4-9-3(10-11-4)1-2-15(12,13)14/h1-2H2,(H,9,10,11)(H,12,13,14). The lowest BCUT2D eigenvalue weighted by molar-refractivity contribution is -0.144. The zero-order valence-corrected chi connectivity index (χ0v) is 7.93. The second kappa shape index (κ2) is 3.77. The maximum Gasteiger partial charge on any atom is 0.453 e. The van der Waals surface area contributed by atoms with Gasteiger partial charge in [0, 0.05) is 6.42 Å². The Morgan fingerprint density at radius 3 is 2.40 bits per heavy atom. The van der Waals surface area contributed by atoms with E-state index in [1.807, 2.05) is 5.10 Å². The van der Waals surface area contributed by atoms with Crippen molar-refractivity contribution < 1.29 is 26.1 Å². The predicted molar refractivity (Wildman–Crippen MR) is 41.5 cm³/mol. The molecule has 1 rings (SSSR count). The van der Waals surface area contributed by atoms with E-state index < -0.39 is 27.9 Å². The Bertz CT molecular complexity index is 438. The van der Waals surface area contributed by atoms with E-state index in [1.165, 1.54) is 0 Å². The maximum atomic E-state index is 12.0. The molecule has 0 unspecified atom stereocenters. The smallest absolute Gasteiger partial charge is 0.286 e. The third-order valence-electron chi connectivity index (χ3n) is 1.38. The molecule has 0 fully saturated rings. The third kappa shape index (κ3) is 3.83. The molecule has 0 aliphatic heterocycles. The molecule has 0 aliphatic carbocycles. The van der Waals surface area contributed by atoms with Gasteiger partial charge in [-0.05, 0) is 0 Å². The van der Waals surface area contributed by atoms with Gasteiger partial charge in [-0.25, -0.2) is 4.98 Å². The molecule has 1 aromatic heterocycles. The highest BCUT2D eigenvalue weighted by atomic mass is 32.2. The summed E-state index contributed by atoms with van der Waals surface area (Å²) < 4.78 is 64.8. The number of halogens is 3. The highest BCUT2D eigenvalue weighted by molar-refractivity contribution is 7.85. The van der Waals surface area contributed by atoms with Crippen LogP contribution in [0.3, 0.4) is 0 Å². The number of hydrogen-bond acceptors (Lipinski definition) is 4. The van der Waals surface area contributed by atoms with Gasteiger partial charge in [-0.3, -0.25) is 9.65 Å². The van der Waals surface area contributed by atoms with E-state index in [9.17, 15) is 21.6 Å². The molecule has 0 saturated carbocycles. The molecule has 0 saturated heterocycles. The average Bonchev–Trinajstić information content (AvgIpc) is 2.45. The SMILES string of the molecule is O=S(=O)(O)CCc1nc(C(F)(F)F)n[nH]1. The van der Waals surface area contributed by atoms with Crippen LogP contribution < -0.4 is 0 Å². The molecular formula is C5H6F3N3O3S. The van der Waals surface area contributed by atoms with Crippen molar-refractivity contribution in [3.05, 3.63) is 11.6 Å². The lowest BCUT2D eigenvalue weighted by Crippen LogP contribution is -2.09. The summed E-state index contributed by atoms with van der Waals surface area (Å²) in [6.07, 6.45) is -5.03. The monoisotopic (exact) mass is 245 g/mol. The van der Waals surface area contributed by atoms with Crippen LogP contribution in [0.1, 0.15) is 11.6 Å². The van der Waals surface area contributed by atoms with Gasteiger partial charge in [0.05, 0.1) is 5.75 Å². The van der Waals surface area contributed by atoms with Crippen LogP contribution in [0.2, 0.25) is 0 Å². The van der Waals surface area contributed by atoms with Gasteiger partial charge in [0.15, 0.2) is 0 Å². The second-order valence-corrected chi connectivity index (χ2v) is 4.21. The van der Waals surface area contributed by atoms with E-state index in [2.05, 4.69) is 10.1 Å². The summed E-state index contributed by atoms with van der Waals surface area (Å²) in [6.45, 7) is 0. The fourth-order valence-corrected chi connectivity index (χ4v) is 1.21. The summed E-state index contributed by atoms with van der Waals surface area (Å²) in [4.78, 5) is 3.02. The van der Waals surface area contributed by atoms with Gasteiger partial charge in [0.2, 0.25) is 0 Å². The molecule has 15 heavy (non-hydrogen) atoms. The first-order valence-corrected chi connectivity index (χ1v) is 5.23. The number of H-pyrrole nitrogens is 1. The van der Waals surface area contributed by atoms with Crippen LogP contribution in [0.25, 0.3) is 0 Å². The Labute approximate surface area is 82.3 Å². The first-order valence-electron chi connectivity index (χ1n) is 3.62. The van der Waals surface area contributed by atoms with Crippen LogP contribution in [-0.2, 0) is 22.7 Å². The van der Waals surface area contributed by atoms with Crippen molar-refractivity contribution >= 4 is 10.1 Å². The molecule has 86 valence electrons. The van der Waals surface area contributed by atoms with Crippen molar-refractivity contribution in [2.24, 2.45) is 0 Å². The van der Waals surface area contributed by atoms with Crippen LogP contribution in [0.5, 0.6) is 0 Å². The fraction of sp³-hybridized carbons (Fsp3) is 0.600. The molecule has 10 heteroatoms. The van der Waals surface area contributed by atoms with Crippen molar-refractivity contribution in [1.29, 1.82) is 0 Å². The van der Waals surface area contributed by atoms with Crippen LogP contribution in [0.15, 0.2) is 0 Å². The van der Waals surface area contributed by atoms with Crippen LogP contribution in [0.4, 0.5) is 13.2 Å². The van der Waals surface area contributed by atoms with E-state index in [0.717, 1.165) is 0 Å². The molecule has 0 aliphatic rings. The largest absolute Gasteiger partial charge is 0.453 e. The summed E-state index contributed by atoms with van der Waals surface area (Å²) >= 11 is 0. The van der Waals surface area contributed by atoms with Crippen LogP contribution >= 0.6 is 0 Å². The van der Waals surface area contributed by atoms with Gasteiger partial charge in [0.25, 0.3) is 15.9 Å². The Balaban J connectivity index is 2.70. The Kier molecular flexibility index (Phi) is 3.00. The summed E-state index contributed by atoms with van der Waals surface area (Å²) in [7, 11) is -4.22. The average molecular weight is 245 g/mol. The molecule has 1 heterocycles. The molecule has 0 spiro atoms. The Morgan fingerprint density at radius 1 is 1.40 bits per heavy atom. The van der Waals surface area contributed by atoms with Crippen molar-refractivity contribution in [2.75, 3.05) is 5.75 Å². The lowest BCUT2D eigenvalue weighted by atomic mass is 10.5. The van der Waals surface area contributed by atoms with E-state index in [4.69, 9.17) is 4.55 Å². The normalized spacial score (nSPS) is 13.1. The van der Waals surface area contributed by atoms with Gasteiger partial charge in [-0.2, -0.15) is 21.6 Å². The van der Waals surface area contributed by atoms with Crippen molar-refractivity contribution in [2.45, 2.75) is 12.6 Å². The Hall–Kier alpha value is -1.16. The number of aromatic amines is 1. The molecule has 0 bridgehead atoms. The molecule has 1 aromatic rings. The van der Waals surface area contributed by atoms with Gasteiger partial charge in [0.1, 0.15) is 5.82 Å². The highest BCUT2D eigenvalue weighted by Gasteiger charge is 2.35. The third-order valence-corrected chi connectivity index (χ3v) is 2.10. The van der Waals surface area contributed by atoms with Crippen LogP contribution in [-0.4, -0.2) is 33.9 Å². The molecule has 0 amide bonds. The van der Waals surface area contributed by atoms with E-state index in [-0.39, 0.29) is 12.2 Å². The van der Waals surface area contributed by atoms with E-state index in [0.29, 0.717) is 0 Å². The summed E-state index contributed by atoms with van der Waals surface area (Å²) in [5.41, 5.74) is 0. The number of nitrogens with one attached hydrogen (secondary N) is 1. The minimum atomic E-state index is -4.67. The molecule has 0 aromatic carbocycles. The zero-order chi connectivity index (χ0) is 11.7. The number of aryl methyl sites for hydroxylation is 1. The number of alkyl halides is 3. The molecule has 0 radical (unpaired) electrons. The minimum Gasteiger partial charge on any atom is -0.286 e. The molecule has 0 atom stereocenters. The van der Waals surface area contributed by atoms with Crippen molar-refractivity contribution in [3.63, 3.8) is 0 Å². The van der Waals surface area contributed by atoms with Gasteiger partial charge >= 0.3 is 6.18 Å². The first kappa shape index (κ1) is 11.9. The molecular weight excluding hydrogens is 239 g/mol. The fourth-order valence-electron chi connectivity index (χ4n) is 0.760. The molecule has 2 N–H and O–H groups in total. The number of hydrogen-bond donors (Lipinski definition) is 2. The topological polar surface area (TPSA) is 95.9 Å². The quantitative estimate of drug-likeness (QED) is 0.744. The van der Waals surface area contributed by atoms with Crippen LogP contribution in [0, 0.1) is 0 Å². The van der Waals surface area contributed by atoms with Gasteiger partial charge in [-0.1, -0.05) is 0 Å². The summed E-state index contributed by atoms with van der Waals surface area (Å²) in [6, 6.07) is 0. The van der Waals surface area contributed by atoms with E-state index >= 15 is 0 Å². The summed E-state index contributed by atoms with van der Waals surface area (Å²) in [5, 5.41) is 4.78. The minimum absolute atomic E-state index is 0.250. The highest BCUT2D eigenvalue weighted by Crippen LogP contribution is 2.25. The Morgan fingerprint density at radius 2 is 2.00 bits per heavy atom. The van der Waals surface area contributed by atoms with Crippen molar-refractivity contribution in [3.8, 4) is 0 Å². The zero-order valence-electron chi connectivity index (χ0n) is 7.11. The number of rotatable bonds is 3. The molecule has 6 nitrogen and oxygen atoms in total. The lowest BCUT2D eigenvalue weighted by Gasteiger charge is -1.97. The van der Waals surface area contributed by atoms with E-state index in [1.54, 1.807) is 0 Å². The second-order valence-electron chi connectivity index (χ2n) is 2.64. The van der Waals surface area contributed by atoms with Gasteiger partial charge < -0.3 is 0 Å². The number of nitrogens with zero attached hydrogens (tertiary/aromatic N) is 2. The summed E-state index contributed by atoms with van der Waals surface area (Å²) in [5.74, 6) is -2.33. The predicted octanol–water partition coefficient (Wildman–Crippen LogP) is 0.254.